The number of carbonyl (C=O) groups is 1. The highest BCUT2D eigenvalue weighted by Crippen LogP contribution is 2.24. The lowest BCUT2D eigenvalue weighted by molar-refractivity contribution is -0.116. The Hall–Kier alpha value is -3.13. The van der Waals surface area contributed by atoms with Gasteiger partial charge in [-0.05, 0) is 34.2 Å². The second-order valence-electron chi connectivity index (χ2n) is 6.21. The Balaban J connectivity index is 1.50. The van der Waals surface area contributed by atoms with E-state index in [1.165, 1.54) is 16.3 Å². The number of nitrogens with one attached hydrogen (secondary N) is 1. The number of fused-ring (bicyclic) bond motifs is 2. The topological polar surface area (TPSA) is 29.1 Å². The van der Waals surface area contributed by atoms with Crippen molar-refractivity contribution in [2.45, 2.75) is 12.8 Å². The molecule has 2 nitrogen and oxygen atoms in total. The van der Waals surface area contributed by atoms with Crippen LogP contribution in [-0.2, 0) is 11.2 Å². The lowest BCUT2D eigenvalue weighted by atomic mass is 10.0. The maximum Gasteiger partial charge on any atom is 0.224 e. The summed E-state index contributed by atoms with van der Waals surface area (Å²) in [6.07, 6.45) is 1.20. The highest BCUT2D eigenvalue weighted by Gasteiger charge is 2.07. The van der Waals surface area contributed by atoms with Gasteiger partial charge in [-0.15, -0.1) is 0 Å². The predicted molar refractivity (Wildman–Crippen MR) is 105 cm³/mol. The fourth-order valence-electron chi connectivity index (χ4n) is 3.31. The summed E-state index contributed by atoms with van der Waals surface area (Å²) < 4.78 is 0. The fourth-order valence-corrected chi connectivity index (χ4v) is 3.31. The summed E-state index contributed by atoms with van der Waals surface area (Å²) in [5.41, 5.74) is 2.09. The van der Waals surface area contributed by atoms with Gasteiger partial charge in [0.05, 0.1) is 0 Å². The SMILES string of the molecule is O=C(CCc1cccc2ccccc12)Nc1cccc2ccccc12. The summed E-state index contributed by atoms with van der Waals surface area (Å²) in [4.78, 5) is 12.5. The third-order valence-electron chi connectivity index (χ3n) is 4.57. The molecule has 122 valence electrons. The maximum atomic E-state index is 12.5. The molecule has 0 aromatic heterocycles. The largest absolute Gasteiger partial charge is 0.326 e. The number of carbonyl (C=O) groups excluding carboxylic acids is 1. The van der Waals surface area contributed by atoms with E-state index in [-0.39, 0.29) is 5.91 Å². The van der Waals surface area contributed by atoms with Gasteiger partial charge in [0.1, 0.15) is 0 Å². The molecule has 0 aliphatic carbocycles. The normalized spacial score (nSPS) is 10.9. The van der Waals surface area contributed by atoms with Crippen molar-refractivity contribution in [1.29, 1.82) is 0 Å². The second-order valence-corrected chi connectivity index (χ2v) is 6.21. The van der Waals surface area contributed by atoms with Crippen molar-refractivity contribution < 1.29 is 4.79 Å². The lowest BCUT2D eigenvalue weighted by Gasteiger charge is -2.10. The monoisotopic (exact) mass is 325 g/mol. The van der Waals surface area contributed by atoms with Gasteiger partial charge in [0.25, 0.3) is 0 Å². The third-order valence-corrected chi connectivity index (χ3v) is 4.57. The van der Waals surface area contributed by atoms with Gasteiger partial charge in [-0.2, -0.15) is 0 Å². The molecule has 2 heteroatoms. The van der Waals surface area contributed by atoms with Crippen LogP contribution in [0.3, 0.4) is 0 Å². The number of amides is 1. The first-order chi connectivity index (χ1) is 12.3. The van der Waals surface area contributed by atoms with E-state index in [1.54, 1.807) is 0 Å². The van der Waals surface area contributed by atoms with Gasteiger partial charge in [0.15, 0.2) is 0 Å². The Bertz CT molecular complexity index is 1040. The van der Waals surface area contributed by atoms with Crippen LogP contribution in [0.25, 0.3) is 21.5 Å². The minimum Gasteiger partial charge on any atom is -0.326 e. The van der Waals surface area contributed by atoms with Crippen LogP contribution >= 0.6 is 0 Å². The summed E-state index contributed by atoms with van der Waals surface area (Å²) in [6, 6.07) is 28.7. The van der Waals surface area contributed by atoms with Gasteiger partial charge in [0.2, 0.25) is 5.91 Å². The lowest BCUT2D eigenvalue weighted by Crippen LogP contribution is -2.12. The molecule has 0 saturated heterocycles. The van der Waals surface area contributed by atoms with Crippen molar-refractivity contribution in [1.82, 2.24) is 0 Å². The smallest absolute Gasteiger partial charge is 0.224 e. The molecule has 1 N–H and O–H groups in total. The van der Waals surface area contributed by atoms with E-state index in [0.29, 0.717) is 6.42 Å². The van der Waals surface area contributed by atoms with Crippen LogP contribution in [0.15, 0.2) is 84.9 Å². The molecule has 0 spiro atoms. The van der Waals surface area contributed by atoms with Crippen LogP contribution < -0.4 is 5.32 Å². The Morgan fingerprint density at radius 2 is 1.28 bits per heavy atom. The fraction of sp³-hybridized carbons (Fsp3) is 0.0870. The first-order valence-corrected chi connectivity index (χ1v) is 8.55. The summed E-state index contributed by atoms with van der Waals surface area (Å²) in [5, 5.41) is 7.71. The Kier molecular flexibility index (Phi) is 4.17. The summed E-state index contributed by atoms with van der Waals surface area (Å²) in [6.45, 7) is 0. The maximum absolute atomic E-state index is 12.5. The molecule has 4 aromatic rings. The van der Waals surface area contributed by atoms with Gasteiger partial charge in [-0.3, -0.25) is 4.79 Å². The molecule has 0 unspecified atom stereocenters. The van der Waals surface area contributed by atoms with E-state index in [0.717, 1.165) is 22.9 Å². The number of hydrogen-bond acceptors (Lipinski definition) is 1. The molecule has 4 aromatic carbocycles. The zero-order chi connectivity index (χ0) is 17.1. The molecular weight excluding hydrogens is 306 g/mol. The quantitative estimate of drug-likeness (QED) is 0.522. The number of aryl methyl sites for hydroxylation is 1. The van der Waals surface area contributed by atoms with Gasteiger partial charge in [-0.25, -0.2) is 0 Å². The van der Waals surface area contributed by atoms with E-state index in [2.05, 4.69) is 47.8 Å². The first kappa shape index (κ1) is 15.4. The van der Waals surface area contributed by atoms with Crippen LogP contribution in [0, 0.1) is 0 Å². The van der Waals surface area contributed by atoms with E-state index in [9.17, 15) is 4.79 Å². The van der Waals surface area contributed by atoms with Crippen LogP contribution in [0.1, 0.15) is 12.0 Å². The molecule has 0 aliphatic rings. The molecule has 0 atom stereocenters. The molecule has 1 amide bonds. The molecule has 0 heterocycles. The molecule has 0 radical (unpaired) electrons. The van der Waals surface area contributed by atoms with Crippen molar-refractivity contribution in [3.05, 3.63) is 90.5 Å². The second kappa shape index (κ2) is 6.78. The van der Waals surface area contributed by atoms with Gasteiger partial charge < -0.3 is 5.32 Å². The minimum absolute atomic E-state index is 0.0456. The summed E-state index contributed by atoms with van der Waals surface area (Å²) in [7, 11) is 0. The standard InChI is InChI=1S/C23H19NO/c25-23(24-22-14-6-11-18-8-2-4-13-21(18)22)16-15-19-10-5-9-17-7-1-3-12-20(17)19/h1-14H,15-16H2,(H,24,25). The highest BCUT2D eigenvalue weighted by atomic mass is 16.1. The van der Waals surface area contributed by atoms with Crippen molar-refractivity contribution >= 4 is 33.1 Å². The third kappa shape index (κ3) is 3.24. The Morgan fingerprint density at radius 3 is 2.08 bits per heavy atom. The first-order valence-electron chi connectivity index (χ1n) is 8.55. The average Bonchev–Trinajstić information content (AvgIpc) is 2.66. The number of hydrogen-bond donors (Lipinski definition) is 1. The van der Waals surface area contributed by atoms with Gasteiger partial charge in [-0.1, -0.05) is 78.9 Å². The summed E-state index contributed by atoms with van der Waals surface area (Å²) >= 11 is 0. The Morgan fingerprint density at radius 1 is 0.680 bits per heavy atom. The predicted octanol–water partition coefficient (Wildman–Crippen LogP) is 5.56. The van der Waals surface area contributed by atoms with E-state index in [4.69, 9.17) is 0 Å². The van der Waals surface area contributed by atoms with Gasteiger partial charge in [0, 0.05) is 17.5 Å². The van der Waals surface area contributed by atoms with Crippen molar-refractivity contribution in [3.63, 3.8) is 0 Å². The number of rotatable bonds is 4. The van der Waals surface area contributed by atoms with E-state index < -0.39 is 0 Å². The zero-order valence-electron chi connectivity index (χ0n) is 13.9. The molecule has 4 rings (SSSR count). The molecule has 0 bridgehead atoms. The molecule has 25 heavy (non-hydrogen) atoms. The van der Waals surface area contributed by atoms with Crippen LogP contribution in [0.4, 0.5) is 5.69 Å². The molecular formula is C23H19NO. The Labute approximate surface area is 147 Å². The van der Waals surface area contributed by atoms with Crippen molar-refractivity contribution in [2.24, 2.45) is 0 Å². The zero-order valence-corrected chi connectivity index (χ0v) is 13.9. The van der Waals surface area contributed by atoms with Gasteiger partial charge >= 0.3 is 0 Å². The van der Waals surface area contributed by atoms with Crippen LogP contribution in [0.2, 0.25) is 0 Å². The number of benzene rings is 4. The van der Waals surface area contributed by atoms with Crippen LogP contribution in [0.5, 0.6) is 0 Å². The minimum atomic E-state index is 0.0456. The van der Waals surface area contributed by atoms with Crippen molar-refractivity contribution in [3.8, 4) is 0 Å². The molecule has 0 saturated carbocycles. The molecule has 0 aliphatic heterocycles. The average molecular weight is 325 g/mol. The summed E-state index contributed by atoms with van der Waals surface area (Å²) in [5.74, 6) is 0.0456. The van der Waals surface area contributed by atoms with Crippen LogP contribution in [-0.4, -0.2) is 5.91 Å². The number of anilines is 1. The van der Waals surface area contributed by atoms with E-state index in [1.807, 2.05) is 42.5 Å². The van der Waals surface area contributed by atoms with E-state index >= 15 is 0 Å². The van der Waals surface area contributed by atoms with Crippen molar-refractivity contribution in [2.75, 3.05) is 5.32 Å². The molecule has 0 fully saturated rings. The highest BCUT2D eigenvalue weighted by molar-refractivity contribution is 6.02.